The molecule has 33 valence electrons. The zero-order valence-electron chi connectivity index (χ0n) is 1.69. The molecule has 0 aromatic carbocycles. The molecular weight excluding hydrogens is 325 g/mol. The molecule has 2 nitrogen and oxygen atoms in total. The van der Waals surface area contributed by atoms with Crippen LogP contribution < -0.4 is 0 Å². The van der Waals surface area contributed by atoms with E-state index in [2.05, 4.69) is 0 Å². The first-order valence-corrected chi connectivity index (χ1v) is 0. The molecule has 0 aliphatic heterocycles. The van der Waals surface area contributed by atoms with E-state index >= 15 is 0 Å². The first-order chi connectivity index (χ1) is 0. The summed E-state index contributed by atoms with van der Waals surface area (Å²) in [6.45, 7) is 0. The van der Waals surface area contributed by atoms with Gasteiger partial charge in [-0.25, -0.2) is 0 Å². The number of hydrogen-bond acceptors (Lipinski definition) is 0. The van der Waals surface area contributed by atoms with Crippen molar-refractivity contribution < 1.29 is 50.5 Å². The van der Waals surface area contributed by atoms with Gasteiger partial charge in [-0.1, -0.05) is 0 Å². The molecule has 0 aromatic heterocycles. The van der Waals surface area contributed by atoms with E-state index < -0.39 is 0 Å². The van der Waals surface area contributed by atoms with Crippen LogP contribution in [0.3, 0.4) is 0 Å². The molecule has 1 radical (unpaired) electrons. The minimum absolute atomic E-state index is 0. The fraction of sp³-hybridized carbons (Fsp3) is 0. The van der Waals surface area contributed by atoms with E-state index in [1.54, 1.807) is 0 Å². The Kier molecular flexibility index (Phi) is 482. The van der Waals surface area contributed by atoms with E-state index in [4.69, 9.17) is 0 Å². The molecule has 0 saturated heterocycles. The maximum atomic E-state index is 0. The van der Waals surface area contributed by atoms with E-state index in [1.807, 2.05) is 0 Å². The van der Waals surface area contributed by atoms with Crippen molar-refractivity contribution in [2.24, 2.45) is 0 Å². The van der Waals surface area contributed by atoms with Crippen LogP contribution in [0, 0.1) is 0 Å². The van der Waals surface area contributed by atoms with Crippen molar-refractivity contribution in [3.63, 3.8) is 0 Å². The molecule has 0 aliphatic rings. The van der Waals surface area contributed by atoms with Crippen molar-refractivity contribution in [1.29, 1.82) is 0 Å². The third-order valence-corrected chi connectivity index (χ3v) is 0. The van der Waals surface area contributed by atoms with Crippen molar-refractivity contribution in [2.75, 3.05) is 0 Å². The van der Waals surface area contributed by atoms with Gasteiger partial charge in [0, 0.05) is 39.6 Å². The van der Waals surface area contributed by atoms with E-state index in [1.165, 1.54) is 0 Å². The summed E-state index contributed by atoms with van der Waals surface area (Å²) in [5.41, 5.74) is 0. The Balaban J connectivity index is 0. The summed E-state index contributed by atoms with van der Waals surface area (Å²) < 4.78 is 0. The molecule has 0 bridgehead atoms. The molecule has 0 saturated carbocycles. The quantitative estimate of drug-likeness (QED) is 0.478. The summed E-state index contributed by atoms with van der Waals surface area (Å²) in [6.07, 6.45) is 0. The Hall–Kier alpha value is 1.19. The third kappa shape index (κ3) is 10.8. The van der Waals surface area contributed by atoms with Gasteiger partial charge >= 0.3 is 0 Å². The largest absolute Gasteiger partial charge is 0.412 e. The van der Waals surface area contributed by atoms with E-state index in [9.17, 15) is 0 Å². The fourth-order valence-corrected chi connectivity index (χ4v) is 0. The predicted octanol–water partition coefficient (Wildman–Crippen LogP) is -1.65. The van der Waals surface area contributed by atoms with Crippen LogP contribution in [0.15, 0.2) is 0 Å². The minimum Gasteiger partial charge on any atom is -0.412 e. The third-order valence-electron chi connectivity index (χ3n) is 0. The van der Waals surface area contributed by atoms with Crippen molar-refractivity contribution in [1.82, 2.24) is 0 Å². The summed E-state index contributed by atoms with van der Waals surface area (Å²) >= 11 is 0. The van der Waals surface area contributed by atoms with Crippen molar-refractivity contribution in [2.45, 2.75) is 0 Å². The van der Waals surface area contributed by atoms with Crippen molar-refractivity contribution in [3.8, 4) is 0 Å². The molecule has 0 aromatic rings. The zero-order chi connectivity index (χ0) is 0. The molecule has 0 spiro atoms. The molecule has 0 amide bonds. The van der Waals surface area contributed by atoms with Crippen molar-refractivity contribution >= 4 is 0 Å². The fourth-order valence-electron chi connectivity index (χ4n) is 0. The van der Waals surface area contributed by atoms with Crippen LogP contribution in [-0.4, -0.2) is 11.0 Å². The summed E-state index contributed by atoms with van der Waals surface area (Å²) in [4.78, 5) is 0. The van der Waals surface area contributed by atoms with Crippen LogP contribution in [0.4, 0.5) is 0 Å². The van der Waals surface area contributed by atoms with Crippen LogP contribution >= 0.6 is 0 Å². The average molecular weight is 329 g/mol. The first kappa shape index (κ1) is 64.2. The van der Waals surface area contributed by atoms with E-state index in [0.717, 1.165) is 0 Å². The first-order valence-electron chi connectivity index (χ1n) is 0. The molecule has 4 heteroatoms. The normalized spacial score (nSPS) is 0. The SMILES string of the molecule is O.O.[Ir].[Ru]. The van der Waals surface area contributed by atoms with Crippen LogP contribution in [-0.2, 0) is 39.6 Å². The van der Waals surface area contributed by atoms with Gasteiger partial charge < -0.3 is 11.0 Å². The molecule has 4 heavy (non-hydrogen) atoms. The predicted molar refractivity (Wildman–Crippen MR) is 7.23 cm³/mol. The summed E-state index contributed by atoms with van der Waals surface area (Å²) in [6, 6.07) is 0. The summed E-state index contributed by atoms with van der Waals surface area (Å²) in [5.74, 6) is 0. The van der Waals surface area contributed by atoms with Gasteiger partial charge in [-0.15, -0.1) is 0 Å². The second kappa shape index (κ2) is 30.0. The summed E-state index contributed by atoms with van der Waals surface area (Å²) in [5, 5.41) is 0. The van der Waals surface area contributed by atoms with Gasteiger partial charge in [0.25, 0.3) is 0 Å². The van der Waals surface area contributed by atoms with E-state index in [-0.39, 0.29) is 50.5 Å². The maximum absolute atomic E-state index is 0. The zero-order valence-corrected chi connectivity index (χ0v) is 5.82. The maximum Gasteiger partial charge on any atom is 0 e. The van der Waals surface area contributed by atoms with Gasteiger partial charge in [-0.2, -0.15) is 0 Å². The topological polar surface area (TPSA) is 63.0 Å². The van der Waals surface area contributed by atoms with Gasteiger partial charge in [-0.3, -0.25) is 0 Å². The second-order valence-electron chi connectivity index (χ2n) is 0. The van der Waals surface area contributed by atoms with E-state index in [0.29, 0.717) is 0 Å². The second-order valence-corrected chi connectivity index (χ2v) is 0. The molecule has 0 rings (SSSR count). The number of hydrogen-bond donors (Lipinski definition) is 0. The molecular formula is H4IrO2Ru. The Morgan fingerprint density at radius 2 is 0.750 bits per heavy atom. The minimum atomic E-state index is 0. The average Bonchev–Trinajstić information content (AvgIpc) is 0. The van der Waals surface area contributed by atoms with Gasteiger partial charge in [0.1, 0.15) is 0 Å². The Morgan fingerprint density at radius 1 is 0.750 bits per heavy atom. The summed E-state index contributed by atoms with van der Waals surface area (Å²) in [7, 11) is 0. The number of rotatable bonds is 0. The molecule has 0 atom stereocenters. The van der Waals surface area contributed by atoms with Gasteiger partial charge in [0.2, 0.25) is 0 Å². The molecule has 4 N–H and O–H groups in total. The van der Waals surface area contributed by atoms with Crippen LogP contribution in [0.1, 0.15) is 0 Å². The van der Waals surface area contributed by atoms with Gasteiger partial charge in [0.05, 0.1) is 0 Å². The monoisotopic (exact) mass is 331 g/mol. The van der Waals surface area contributed by atoms with Gasteiger partial charge in [0.15, 0.2) is 0 Å². The Labute approximate surface area is 50.7 Å². The molecule has 0 aliphatic carbocycles. The molecule has 0 unspecified atom stereocenters. The van der Waals surface area contributed by atoms with Crippen LogP contribution in [0.5, 0.6) is 0 Å². The van der Waals surface area contributed by atoms with Crippen molar-refractivity contribution in [3.05, 3.63) is 0 Å². The smallest absolute Gasteiger partial charge is 0 e. The Bertz CT molecular complexity index is 6.00. The molecule has 0 heterocycles. The van der Waals surface area contributed by atoms with Gasteiger partial charge in [-0.05, 0) is 0 Å². The standard InChI is InChI=1S/Ir.2H2O.Ru/h;2*1H2;. The Morgan fingerprint density at radius 3 is 0.750 bits per heavy atom. The molecule has 0 fully saturated rings. The van der Waals surface area contributed by atoms with Crippen LogP contribution in [0.2, 0.25) is 0 Å². The van der Waals surface area contributed by atoms with Crippen LogP contribution in [0.25, 0.3) is 0 Å².